The number of allylic oxidation sites excluding steroid dienone is 1. The lowest BCUT2D eigenvalue weighted by atomic mass is 10.1. The second-order valence-corrected chi connectivity index (χ2v) is 8.86. The summed E-state index contributed by atoms with van der Waals surface area (Å²) < 4.78 is 5.37. The number of hydrogen-bond acceptors (Lipinski definition) is 5. The highest BCUT2D eigenvalue weighted by Gasteiger charge is 2.10. The van der Waals surface area contributed by atoms with E-state index < -0.39 is 5.97 Å². The van der Waals surface area contributed by atoms with E-state index >= 15 is 0 Å². The molecular formula is C31H20N2O2S. The highest BCUT2D eigenvalue weighted by Crippen LogP contribution is 2.29. The zero-order valence-electron chi connectivity index (χ0n) is 19.2. The van der Waals surface area contributed by atoms with Crippen molar-refractivity contribution in [3.8, 4) is 23.1 Å². The summed E-state index contributed by atoms with van der Waals surface area (Å²) in [5.41, 5.74) is 4.06. The van der Waals surface area contributed by atoms with Crippen molar-refractivity contribution in [2.45, 2.75) is 0 Å². The van der Waals surface area contributed by atoms with Gasteiger partial charge in [-0.1, -0.05) is 78.9 Å². The summed E-state index contributed by atoms with van der Waals surface area (Å²) in [6.45, 7) is 0. The SMILES string of the molecule is N#C/C(=C\c1ccc(OC(=O)/C=C/c2ccccc2)cc1)c1nc(-c2ccc3ccccc3c2)cs1. The second kappa shape index (κ2) is 10.6. The van der Waals surface area contributed by atoms with Gasteiger partial charge in [-0.25, -0.2) is 9.78 Å². The predicted octanol–water partition coefficient (Wildman–Crippen LogP) is 7.65. The third-order valence-electron chi connectivity index (χ3n) is 5.52. The third-order valence-corrected chi connectivity index (χ3v) is 6.40. The van der Waals surface area contributed by atoms with Gasteiger partial charge in [-0.05, 0) is 52.3 Å². The van der Waals surface area contributed by atoms with Gasteiger partial charge >= 0.3 is 5.97 Å². The van der Waals surface area contributed by atoms with E-state index in [9.17, 15) is 10.1 Å². The minimum atomic E-state index is -0.455. The molecule has 0 aliphatic carbocycles. The highest BCUT2D eigenvalue weighted by atomic mass is 32.1. The van der Waals surface area contributed by atoms with Crippen LogP contribution in [-0.2, 0) is 4.79 Å². The van der Waals surface area contributed by atoms with Crippen molar-refractivity contribution in [3.05, 3.63) is 125 Å². The van der Waals surface area contributed by atoms with Crippen LogP contribution in [0.3, 0.4) is 0 Å². The maximum Gasteiger partial charge on any atom is 0.336 e. The zero-order chi connectivity index (χ0) is 24.7. The number of benzene rings is 4. The fourth-order valence-corrected chi connectivity index (χ4v) is 4.49. The van der Waals surface area contributed by atoms with E-state index in [1.54, 1.807) is 36.4 Å². The molecule has 4 aromatic carbocycles. The summed E-state index contributed by atoms with van der Waals surface area (Å²) in [5.74, 6) is -0.0231. The fraction of sp³-hybridized carbons (Fsp3) is 0. The van der Waals surface area contributed by atoms with Crippen molar-refractivity contribution < 1.29 is 9.53 Å². The van der Waals surface area contributed by atoms with Crippen LogP contribution < -0.4 is 4.74 Å². The maximum absolute atomic E-state index is 12.1. The number of hydrogen-bond donors (Lipinski definition) is 0. The third kappa shape index (κ3) is 5.47. The van der Waals surface area contributed by atoms with Crippen molar-refractivity contribution in [3.63, 3.8) is 0 Å². The summed E-state index contributed by atoms with van der Waals surface area (Å²) in [6, 6.07) is 33.3. The quantitative estimate of drug-likeness (QED) is 0.107. The minimum absolute atomic E-state index is 0.432. The maximum atomic E-state index is 12.1. The molecule has 1 aromatic heterocycles. The van der Waals surface area contributed by atoms with Gasteiger partial charge in [0.05, 0.1) is 11.3 Å². The zero-order valence-corrected chi connectivity index (χ0v) is 20.0. The van der Waals surface area contributed by atoms with Crippen LogP contribution in [0.1, 0.15) is 16.1 Å². The van der Waals surface area contributed by atoms with Gasteiger partial charge < -0.3 is 4.74 Å². The number of ether oxygens (including phenoxy) is 1. The summed E-state index contributed by atoms with van der Waals surface area (Å²) in [6.07, 6.45) is 4.88. The number of carbonyl (C=O) groups is 1. The summed E-state index contributed by atoms with van der Waals surface area (Å²) in [7, 11) is 0. The largest absolute Gasteiger partial charge is 0.423 e. The topological polar surface area (TPSA) is 63.0 Å². The first-order valence-electron chi connectivity index (χ1n) is 11.3. The Labute approximate surface area is 213 Å². The molecule has 0 aliphatic heterocycles. The number of nitriles is 1. The van der Waals surface area contributed by atoms with Crippen LogP contribution in [0.15, 0.2) is 109 Å². The first-order valence-corrected chi connectivity index (χ1v) is 12.2. The number of fused-ring (bicyclic) bond motifs is 1. The molecule has 0 saturated heterocycles. The Kier molecular flexibility index (Phi) is 6.79. The highest BCUT2D eigenvalue weighted by molar-refractivity contribution is 7.11. The average molecular weight is 485 g/mol. The van der Waals surface area contributed by atoms with Crippen LogP contribution >= 0.6 is 11.3 Å². The molecule has 0 atom stereocenters. The van der Waals surface area contributed by atoms with Crippen molar-refractivity contribution in [2.75, 3.05) is 0 Å². The Morgan fingerprint density at radius 1 is 0.861 bits per heavy atom. The molecule has 5 aromatic rings. The van der Waals surface area contributed by atoms with Crippen molar-refractivity contribution in [2.24, 2.45) is 0 Å². The number of thiazole rings is 1. The van der Waals surface area contributed by atoms with Crippen LogP contribution in [0, 0.1) is 11.3 Å². The lowest BCUT2D eigenvalue weighted by Gasteiger charge is -2.02. The van der Waals surface area contributed by atoms with Crippen molar-refractivity contribution >= 4 is 45.8 Å². The van der Waals surface area contributed by atoms with Gasteiger partial charge in [0.15, 0.2) is 0 Å². The number of esters is 1. The molecule has 5 rings (SSSR count). The monoisotopic (exact) mass is 484 g/mol. The minimum Gasteiger partial charge on any atom is -0.423 e. The van der Waals surface area contributed by atoms with Crippen LogP contribution in [-0.4, -0.2) is 11.0 Å². The van der Waals surface area contributed by atoms with E-state index in [-0.39, 0.29) is 0 Å². The molecule has 0 N–H and O–H groups in total. The molecule has 172 valence electrons. The predicted molar refractivity (Wildman–Crippen MR) is 146 cm³/mol. The van der Waals surface area contributed by atoms with E-state index in [0.717, 1.165) is 27.8 Å². The Balaban J connectivity index is 1.29. The van der Waals surface area contributed by atoms with Gasteiger partial charge in [-0.15, -0.1) is 11.3 Å². The second-order valence-electron chi connectivity index (χ2n) is 8.00. The number of carbonyl (C=O) groups excluding carboxylic acids is 1. The van der Waals surface area contributed by atoms with Gasteiger partial charge in [0, 0.05) is 17.0 Å². The van der Waals surface area contributed by atoms with Crippen molar-refractivity contribution in [1.82, 2.24) is 4.98 Å². The van der Waals surface area contributed by atoms with Gasteiger partial charge in [-0.2, -0.15) is 5.26 Å². The summed E-state index contributed by atoms with van der Waals surface area (Å²) in [4.78, 5) is 16.8. The Morgan fingerprint density at radius 2 is 1.61 bits per heavy atom. The molecule has 4 nitrogen and oxygen atoms in total. The molecule has 0 unspecified atom stereocenters. The Bertz CT molecular complexity index is 1630. The number of rotatable bonds is 6. The summed E-state index contributed by atoms with van der Waals surface area (Å²) >= 11 is 1.44. The molecule has 0 bridgehead atoms. The molecule has 0 spiro atoms. The smallest absolute Gasteiger partial charge is 0.336 e. The van der Waals surface area contributed by atoms with Crippen LogP contribution in [0.4, 0.5) is 0 Å². The first-order chi connectivity index (χ1) is 17.7. The molecular weight excluding hydrogens is 464 g/mol. The molecule has 36 heavy (non-hydrogen) atoms. The van der Waals surface area contributed by atoms with Crippen LogP contribution in [0.5, 0.6) is 5.75 Å². The molecule has 0 saturated carbocycles. The lowest BCUT2D eigenvalue weighted by Crippen LogP contribution is -2.03. The van der Waals surface area contributed by atoms with Gasteiger partial charge in [0.25, 0.3) is 0 Å². The Hall–Kier alpha value is -4.79. The van der Waals surface area contributed by atoms with Gasteiger partial charge in [0.2, 0.25) is 0 Å². The van der Waals surface area contributed by atoms with E-state index in [1.165, 1.54) is 22.8 Å². The van der Waals surface area contributed by atoms with E-state index in [0.29, 0.717) is 16.3 Å². The van der Waals surface area contributed by atoms with Gasteiger partial charge in [0.1, 0.15) is 16.8 Å². The first kappa shape index (κ1) is 23.0. The lowest BCUT2D eigenvalue weighted by molar-refractivity contribution is -0.128. The number of nitrogens with zero attached hydrogens (tertiary/aromatic N) is 2. The normalized spacial score (nSPS) is 11.5. The molecule has 5 heteroatoms. The molecule has 0 radical (unpaired) electrons. The van der Waals surface area contributed by atoms with Gasteiger partial charge in [-0.3, -0.25) is 0 Å². The standard InChI is InChI=1S/C31H20N2O2S/c32-20-27(31-33-29(21-36-31)26-14-13-24-8-4-5-9-25(24)19-26)18-23-10-15-28(16-11-23)35-30(34)17-12-22-6-2-1-3-7-22/h1-19,21H/b17-12+,27-18+. The fourth-order valence-electron chi connectivity index (χ4n) is 3.70. The van der Waals surface area contributed by atoms with Crippen LogP contribution in [0.2, 0.25) is 0 Å². The molecule has 0 aliphatic rings. The molecule has 1 heterocycles. The van der Waals surface area contributed by atoms with Crippen molar-refractivity contribution in [1.29, 1.82) is 5.26 Å². The molecule has 0 amide bonds. The van der Waals surface area contributed by atoms with Crippen LogP contribution in [0.25, 0.3) is 39.8 Å². The van der Waals surface area contributed by atoms with E-state index in [2.05, 4.69) is 30.3 Å². The number of aromatic nitrogens is 1. The summed E-state index contributed by atoms with van der Waals surface area (Å²) in [5, 5.41) is 14.7. The van der Waals surface area contributed by atoms with E-state index in [1.807, 2.05) is 53.9 Å². The average Bonchev–Trinajstić information content (AvgIpc) is 3.42. The molecule has 0 fully saturated rings. The Morgan fingerprint density at radius 3 is 2.39 bits per heavy atom. The van der Waals surface area contributed by atoms with E-state index in [4.69, 9.17) is 9.72 Å².